The molecular weight excluding hydrogens is 376 g/mol. The fourth-order valence-electron chi connectivity index (χ4n) is 2.80. The number of fused-ring (bicyclic) bond motifs is 1. The predicted molar refractivity (Wildman–Crippen MR) is 108 cm³/mol. The first-order valence-corrected chi connectivity index (χ1v) is 9.93. The zero-order valence-corrected chi connectivity index (χ0v) is 16.5. The Kier molecular flexibility index (Phi) is 5.25. The highest BCUT2D eigenvalue weighted by atomic mass is 32.2. The predicted octanol–water partition coefficient (Wildman–Crippen LogP) is 4.46. The number of anilines is 1. The average molecular weight is 396 g/mol. The lowest BCUT2D eigenvalue weighted by Crippen LogP contribution is -2.17. The number of amides is 1. The summed E-state index contributed by atoms with van der Waals surface area (Å²) >= 11 is 1.25. The number of thioether (sulfide) groups is 1. The van der Waals surface area contributed by atoms with Crippen molar-refractivity contribution in [1.29, 1.82) is 0 Å². The van der Waals surface area contributed by atoms with Crippen LogP contribution in [0, 0.1) is 13.8 Å². The Morgan fingerprint density at radius 1 is 1.07 bits per heavy atom. The van der Waals surface area contributed by atoms with Crippen LogP contribution in [0.15, 0.2) is 52.2 Å². The van der Waals surface area contributed by atoms with E-state index in [0.717, 1.165) is 5.56 Å². The zero-order valence-electron chi connectivity index (χ0n) is 15.7. The first kappa shape index (κ1) is 18.4. The van der Waals surface area contributed by atoms with Crippen molar-refractivity contribution in [3.05, 3.63) is 53.7 Å². The Balaban J connectivity index is 1.35. The molecule has 28 heavy (non-hydrogen) atoms. The van der Waals surface area contributed by atoms with Gasteiger partial charge in [0, 0.05) is 17.3 Å². The van der Waals surface area contributed by atoms with E-state index >= 15 is 0 Å². The van der Waals surface area contributed by atoms with Crippen LogP contribution < -0.4 is 14.8 Å². The monoisotopic (exact) mass is 396 g/mol. The number of nitrogens with zero attached hydrogens (tertiary/aromatic N) is 1. The van der Waals surface area contributed by atoms with Crippen molar-refractivity contribution in [3.8, 4) is 22.8 Å². The molecule has 2 aromatic carbocycles. The van der Waals surface area contributed by atoms with Gasteiger partial charge in [0.1, 0.15) is 13.2 Å². The van der Waals surface area contributed by atoms with Crippen LogP contribution in [0.1, 0.15) is 11.1 Å². The summed E-state index contributed by atoms with van der Waals surface area (Å²) in [4.78, 5) is 16.5. The van der Waals surface area contributed by atoms with Gasteiger partial charge in [-0.05, 0) is 43.2 Å². The molecule has 1 aliphatic heterocycles. The molecule has 0 saturated heterocycles. The number of benzene rings is 2. The van der Waals surface area contributed by atoms with Crippen molar-refractivity contribution in [2.45, 2.75) is 19.1 Å². The van der Waals surface area contributed by atoms with E-state index in [9.17, 15) is 4.79 Å². The van der Waals surface area contributed by atoms with Crippen molar-refractivity contribution < 1.29 is 18.7 Å². The molecular formula is C21H20N2O4S. The maximum Gasteiger partial charge on any atom is 0.256 e. The summed E-state index contributed by atoms with van der Waals surface area (Å²) in [5, 5.41) is 3.31. The minimum Gasteiger partial charge on any atom is -0.486 e. The van der Waals surface area contributed by atoms with Crippen LogP contribution in [0.3, 0.4) is 0 Å². The molecule has 0 spiro atoms. The number of aryl methyl sites for hydroxylation is 2. The van der Waals surface area contributed by atoms with Gasteiger partial charge in [0.25, 0.3) is 5.22 Å². The smallest absolute Gasteiger partial charge is 0.256 e. The van der Waals surface area contributed by atoms with E-state index in [0.29, 0.717) is 41.4 Å². The molecule has 2 heterocycles. The molecule has 1 aliphatic rings. The molecule has 0 fully saturated rings. The minimum atomic E-state index is -0.146. The van der Waals surface area contributed by atoms with Crippen LogP contribution in [-0.4, -0.2) is 29.9 Å². The van der Waals surface area contributed by atoms with Crippen LogP contribution in [0.5, 0.6) is 11.5 Å². The molecule has 1 aromatic heterocycles. The van der Waals surface area contributed by atoms with Crippen LogP contribution in [0.4, 0.5) is 5.69 Å². The summed E-state index contributed by atoms with van der Waals surface area (Å²) in [7, 11) is 0. The highest BCUT2D eigenvalue weighted by molar-refractivity contribution is 7.99. The second kappa shape index (κ2) is 7.98. The van der Waals surface area contributed by atoms with E-state index in [1.54, 1.807) is 24.4 Å². The number of hydrogen-bond acceptors (Lipinski definition) is 6. The van der Waals surface area contributed by atoms with Crippen LogP contribution >= 0.6 is 11.8 Å². The molecule has 6 nitrogen and oxygen atoms in total. The first-order chi connectivity index (χ1) is 13.6. The summed E-state index contributed by atoms with van der Waals surface area (Å²) in [6, 6.07) is 11.5. The van der Waals surface area contributed by atoms with Crippen molar-refractivity contribution in [3.63, 3.8) is 0 Å². The normalized spacial score (nSPS) is 12.6. The Morgan fingerprint density at radius 3 is 2.71 bits per heavy atom. The topological polar surface area (TPSA) is 73.6 Å². The number of hydrogen-bond donors (Lipinski definition) is 1. The number of rotatable bonds is 5. The third-order valence-electron chi connectivity index (χ3n) is 4.43. The number of ether oxygens (including phenoxy) is 2. The van der Waals surface area contributed by atoms with Crippen molar-refractivity contribution in [2.75, 3.05) is 24.3 Å². The maximum absolute atomic E-state index is 12.2. The number of oxazole rings is 1. The van der Waals surface area contributed by atoms with Gasteiger partial charge < -0.3 is 19.2 Å². The zero-order chi connectivity index (χ0) is 19.5. The van der Waals surface area contributed by atoms with Crippen molar-refractivity contribution >= 4 is 23.4 Å². The fourth-order valence-corrected chi connectivity index (χ4v) is 3.40. The van der Waals surface area contributed by atoms with Crippen molar-refractivity contribution in [1.82, 2.24) is 4.98 Å². The lowest BCUT2D eigenvalue weighted by molar-refractivity contribution is -0.113. The molecule has 1 N–H and O–H groups in total. The Bertz CT molecular complexity index is 1020. The Morgan fingerprint density at radius 2 is 1.89 bits per heavy atom. The highest BCUT2D eigenvalue weighted by Crippen LogP contribution is 2.33. The van der Waals surface area contributed by atoms with Gasteiger partial charge in [-0.25, -0.2) is 4.98 Å². The molecule has 144 valence electrons. The van der Waals surface area contributed by atoms with Gasteiger partial charge in [0.2, 0.25) is 5.91 Å². The Hall–Kier alpha value is -2.93. The van der Waals surface area contributed by atoms with Gasteiger partial charge in [-0.2, -0.15) is 0 Å². The summed E-state index contributed by atoms with van der Waals surface area (Å²) < 4.78 is 16.8. The van der Waals surface area contributed by atoms with Crippen molar-refractivity contribution in [2.24, 2.45) is 0 Å². The van der Waals surface area contributed by atoms with Gasteiger partial charge in [-0.3, -0.25) is 4.79 Å². The van der Waals surface area contributed by atoms with E-state index in [-0.39, 0.29) is 11.7 Å². The van der Waals surface area contributed by atoms with E-state index in [1.807, 2.05) is 6.07 Å². The molecule has 0 radical (unpaired) electrons. The second-order valence-corrected chi connectivity index (χ2v) is 7.41. The van der Waals surface area contributed by atoms with E-state index in [4.69, 9.17) is 13.9 Å². The summed E-state index contributed by atoms with van der Waals surface area (Å²) in [6.07, 6.45) is 1.69. The summed E-state index contributed by atoms with van der Waals surface area (Å²) in [5.41, 5.74) is 4.07. The number of nitrogens with one attached hydrogen (secondary N) is 1. The first-order valence-electron chi connectivity index (χ1n) is 8.94. The molecule has 3 aromatic rings. The highest BCUT2D eigenvalue weighted by Gasteiger charge is 2.14. The standard InChI is InChI=1S/C21H20N2O4S/c1-13-3-4-15(9-14(13)2)19-11-22-21(27-19)28-12-20(24)23-16-5-6-17-18(10-16)26-8-7-25-17/h3-6,9-11H,7-8,12H2,1-2H3,(H,23,24). The minimum absolute atomic E-state index is 0.146. The lowest BCUT2D eigenvalue weighted by Gasteiger charge is -2.18. The molecule has 1 amide bonds. The lowest BCUT2D eigenvalue weighted by atomic mass is 10.1. The fraction of sp³-hybridized carbons (Fsp3) is 0.238. The Labute approximate surface area is 167 Å². The third kappa shape index (κ3) is 4.14. The van der Waals surface area contributed by atoms with Crippen LogP contribution in [0.2, 0.25) is 0 Å². The summed E-state index contributed by atoms with van der Waals surface area (Å²) in [5.74, 6) is 2.08. The number of aromatic nitrogens is 1. The van der Waals surface area contributed by atoms with Crippen LogP contribution in [-0.2, 0) is 4.79 Å². The third-order valence-corrected chi connectivity index (χ3v) is 5.27. The second-order valence-electron chi connectivity index (χ2n) is 6.48. The SMILES string of the molecule is Cc1ccc(-c2cnc(SCC(=O)Nc3ccc4c(c3)OCCO4)o2)cc1C. The van der Waals surface area contributed by atoms with Gasteiger partial charge in [0.05, 0.1) is 11.9 Å². The largest absolute Gasteiger partial charge is 0.486 e. The van der Waals surface area contributed by atoms with E-state index in [2.05, 4.69) is 36.3 Å². The molecule has 0 unspecified atom stereocenters. The van der Waals surface area contributed by atoms with Gasteiger partial charge in [-0.1, -0.05) is 23.9 Å². The quantitative estimate of drug-likeness (QED) is 0.642. The number of carbonyl (C=O) groups is 1. The van der Waals surface area contributed by atoms with Gasteiger partial charge in [0.15, 0.2) is 17.3 Å². The molecule has 7 heteroatoms. The number of carbonyl (C=O) groups excluding carboxylic acids is 1. The molecule has 4 rings (SSSR count). The van der Waals surface area contributed by atoms with Crippen LogP contribution in [0.25, 0.3) is 11.3 Å². The van der Waals surface area contributed by atoms with Gasteiger partial charge >= 0.3 is 0 Å². The molecule has 0 atom stereocenters. The maximum atomic E-state index is 12.2. The average Bonchev–Trinajstić information content (AvgIpc) is 3.17. The molecule has 0 saturated carbocycles. The molecule has 0 aliphatic carbocycles. The van der Waals surface area contributed by atoms with E-state index in [1.165, 1.54) is 22.9 Å². The molecule has 0 bridgehead atoms. The van der Waals surface area contributed by atoms with E-state index < -0.39 is 0 Å². The summed E-state index contributed by atoms with van der Waals surface area (Å²) in [6.45, 7) is 5.18. The van der Waals surface area contributed by atoms with Gasteiger partial charge in [-0.15, -0.1) is 0 Å².